The number of fused-ring (bicyclic) bond motifs is 1. The number of rotatable bonds is 7. The number of allylic oxidation sites excluding steroid dienone is 3. The number of hydrogen-bond acceptors (Lipinski definition) is 7. The summed E-state index contributed by atoms with van der Waals surface area (Å²) in [6, 6.07) is 13.1. The van der Waals surface area contributed by atoms with Crippen LogP contribution in [0.1, 0.15) is 29.7 Å². The van der Waals surface area contributed by atoms with E-state index in [2.05, 4.69) is 38.9 Å². The zero-order chi connectivity index (χ0) is 28.2. The first kappa shape index (κ1) is 26.6. The molecule has 5 rings (SSSR count). The Bertz CT molecular complexity index is 1650. The van der Waals surface area contributed by atoms with E-state index < -0.39 is 6.04 Å². The van der Waals surface area contributed by atoms with E-state index in [1.165, 1.54) is 0 Å². The highest BCUT2D eigenvalue weighted by Gasteiger charge is 2.26. The standard InChI is InChI=1S/C30H31N9O/c1-21(26-15-23(25-18-34-36(3)19-25)20-39-29(26)24(16-31)17-35-39)9-10-27(33-2)37-11-13-38(14-12-37)30(40)28(32)22-7-5-4-6-8-22/h4-10,15,17-20,28H,2,11-14,32H2,1,3H3/b21-9+,27-10+/t28-/m1/s1. The lowest BCUT2D eigenvalue weighted by Gasteiger charge is -2.37. The van der Waals surface area contributed by atoms with Crippen LogP contribution in [-0.4, -0.2) is 68.0 Å². The van der Waals surface area contributed by atoms with E-state index in [4.69, 9.17) is 5.73 Å². The van der Waals surface area contributed by atoms with E-state index in [0.717, 1.165) is 33.3 Å². The number of aliphatic imine (C=N–C) groups is 1. The summed E-state index contributed by atoms with van der Waals surface area (Å²) in [7, 11) is 1.87. The van der Waals surface area contributed by atoms with Gasteiger partial charge >= 0.3 is 0 Å². The Labute approximate surface area is 232 Å². The second kappa shape index (κ2) is 11.4. The van der Waals surface area contributed by atoms with Crippen LogP contribution in [-0.2, 0) is 11.8 Å². The number of piperazine rings is 1. The Morgan fingerprint density at radius 2 is 1.80 bits per heavy atom. The predicted octanol–water partition coefficient (Wildman–Crippen LogP) is 3.40. The molecule has 0 saturated carbocycles. The molecule has 0 bridgehead atoms. The first-order valence-electron chi connectivity index (χ1n) is 13.0. The molecule has 4 heterocycles. The fraction of sp³-hybridized carbons (Fsp3) is 0.233. The summed E-state index contributed by atoms with van der Waals surface area (Å²) in [6.45, 7) is 8.10. The molecule has 4 aromatic rings. The van der Waals surface area contributed by atoms with Gasteiger partial charge in [-0.3, -0.25) is 9.48 Å². The van der Waals surface area contributed by atoms with Crippen LogP contribution in [0.15, 0.2) is 84.2 Å². The van der Waals surface area contributed by atoms with Gasteiger partial charge < -0.3 is 15.5 Å². The van der Waals surface area contributed by atoms with Gasteiger partial charge in [-0.2, -0.15) is 15.5 Å². The third kappa shape index (κ3) is 5.28. The van der Waals surface area contributed by atoms with Crippen molar-refractivity contribution in [1.82, 2.24) is 29.2 Å². The number of aromatic nitrogens is 4. The van der Waals surface area contributed by atoms with Crippen LogP contribution in [0.2, 0.25) is 0 Å². The van der Waals surface area contributed by atoms with E-state index in [-0.39, 0.29) is 5.91 Å². The first-order chi connectivity index (χ1) is 19.4. The summed E-state index contributed by atoms with van der Waals surface area (Å²) in [5.41, 5.74) is 12.0. The summed E-state index contributed by atoms with van der Waals surface area (Å²) in [4.78, 5) is 21.2. The molecular formula is C30H31N9O. The number of aryl methyl sites for hydroxylation is 1. The number of carbonyl (C=O) groups excluding carboxylic acids is 1. The zero-order valence-electron chi connectivity index (χ0n) is 22.6. The molecule has 202 valence electrons. The molecule has 1 aromatic carbocycles. The molecule has 1 aliphatic rings. The highest BCUT2D eigenvalue weighted by Crippen LogP contribution is 2.29. The number of nitrogens with zero attached hydrogens (tertiary/aromatic N) is 8. The maximum absolute atomic E-state index is 13.0. The van der Waals surface area contributed by atoms with Crippen LogP contribution in [0.5, 0.6) is 0 Å². The van der Waals surface area contributed by atoms with Gasteiger partial charge in [0.15, 0.2) is 0 Å². The molecule has 1 saturated heterocycles. The van der Waals surface area contributed by atoms with Crippen molar-refractivity contribution in [2.75, 3.05) is 26.2 Å². The third-order valence-electron chi connectivity index (χ3n) is 7.18. The lowest BCUT2D eigenvalue weighted by atomic mass is 10.0. The van der Waals surface area contributed by atoms with Gasteiger partial charge in [-0.05, 0) is 36.9 Å². The molecule has 2 N–H and O–H groups in total. The van der Waals surface area contributed by atoms with Gasteiger partial charge in [0.05, 0.1) is 23.5 Å². The Hall–Kier alpha value is -5.01. The minimum Gasteiger partial charge on any atom is -0.353 e. The third-order valence-corrected chi connectivity index (χ3v) is 7.18. The highest BCUT2D eigenvalue weighted by molar-refractivity contribution is 5.85. The molecule has 10 nitrogen and oxygen atoms in total. The quantitative estimate of drug-likeness (QED) is 0.287. The summed E-state index contributed by atoms with van der Waals surface area (Å²) in [5.74, 6) is 0.637. The van der Waals surface area contributed by atoms with Crippen molar-refractivity contribution in [3.05, 3.63) is 95.8 Å². The molecule has 1 aliphatic heterocycles. The summed E-state index contributed by atoms with van der Waals surface area (Å²) < 4.78 is 3.49. The number of hydrogen-bond donors (Lipinski definition) is 1. The van der Waals surface area contributed by atoms with Crippen LogP contribution in [0.3, 0.4) is 0 Å². The van der Waals surface area contributed by atoms with Gasteiger partial charge in [-0.25, -0.2) is 9.51 Å². The fourth-order valence-corrected chi connectivity index (χ4v) is 4.94. The number of pyridine rings is 1. The van der Waals surface area contributed by atoms with Crippen molar-refractivity contribution in [1.29, 1.82) is 5.26 Å². The van der Waals surface area contributed by atoms with Crippen molar-refractivity contribution < 1.29 is 4.79 Å². The average Bonchev–Trinajstić information content (AvgIpc) is 3.62. The Morgan fingerprint density at radius 1 is 1.07 bits per heavy atom. The molecule has 3 aromatic heterocycles. The molecule has 0 aliphatic carbocycles. The lowest BCUT2D eigenvalue weighted by Crippen LogP contribution is -2.50. The monoisotopic (exact) mass is 533 g/mol. The van der Waals surface area contributed by atoms with E-state index >= 15 is 0 Å². The zero-order valence-corrected chi connectivity index (χ0v) is 22.6. The molecule has 0 radical (unpaired) electrons. The first-order valence-corrected chi connectivity index (χ1v) is 13.0. The number of benzene rings is 1. The lowest BCUT2D eigenvalue weighted by molar-refractivity contribution is -0.134. The van der Waals surface area contributed by atoms with E-state index in [9.17, 15) is 10.1 Å². The summed E-state index contributed by atoms with van der Waals surface area (Å²) in [6.07, 6.45) is 11.1. The minimum absolute atomic E-state index is 0.0784. The second-order valence-corrected chi connectivity index (χ2v) is 9.74. The molecule has 1 amide bonds. The van der Waals surface area contributed by atoms with E-state index in [0.29, 0.717) is 37.6 Å². The smallest absolute Gasteiger partial charge is 0.244 e. The Kier molecular flexibility index (Phi) is 7.57. The average molecular weight is 534 g/mol. The maximum Gasteiger partial charge on any atom is 0.244 e. The van der Waals surface area contributed by atoms with E-state index in [1.807, 2.05) is 68.8 Å². The van der Waals surface area contributed by atoms with Crippen molar-refractivity contribution in [2.24, 2.45) is 17.8 Å². The van der Waals surface area contributed by atoms with Crippen LogP contribution in [0.4, 0.5) is 0 Å². The highest BCUT2D eigenvalue weighted by atomic mass is 16.2. The van der Waals surface area contributed by atoms with Crippen molar-refractivity contribution in [3.63, 3.8) is 0 Å². The summed E-state index contributed by atoms with van der Waals surface area (Å²) in [5, 5.41) is 18.4. The number of nitrogens with two attached hydrogens (primary N) is 1. The molecule has 0 spiro atoms. The van der Waals surface area contributed by atoms with Crippen LogP contribution in [0, 0.1) is 11.3 Å². The number of carbonyl (C=O) groups is 1. The molecular weight excluding hydrogens is 502 g/mol. The van der Waals surface area contributed by atoms with Gasteiger partial charge in [0.1, 0.15) is 17.9 Å². The second-order valence-electron chi connectivity index (χ2n) is 9.74. The van der Waals surface area contributed by atoms with Crippen LogP contribution in [0.25, 0.3) is 22.2 Å². The molecule has 10 heteroatoms. The minimum atomic E-state index is -0.674. The SMILES string of the molecule is C=N/C(=C\C=C(/C)c1cc(-c2cnn(C)c2)cn2ncc(C#N)c12)N1CCN(C(=O)[C@H](N)c2ccccc2)CC1. The largest absolute Gasteiger partial charge is 0.353 e. The normalized spacial score (nSPS) is 15.2. The van der Waals surface area contributed by atoms with Crippen LogP contribution < -0.4 is 5.73 Å². The molecule has 0 unspecified atom stereocenters. The van der Waals surface area contributed by atoms with Gasteiger partial charge in [0.2, 0.25) is 5.91 Å². The topological polar surface area (TPSA) is 121 Å². The summed E-state index contributed by atoms with van der Waals surface area (Å²) >= 11 is 0. The predicted molar refractivity (Wildman–Crippen MR) is 155 cm³/mol. The Morgan fingerprint density at radius 3 is 2.45 bits per heavy atom. The molecule has 40 heavy (non-hydrogen) atoms. The Balaban J connectivity index is 1.36. The fourth-order valence-electron chi connectivity index (χ4n) is 4.94. The number of nitriles is 1. The van der Waals surface area contributed by atoms with Gasteiger partial charge in [0, 0.05) is 62.3 Å². The van der Waals surface area contributed by atoms with E-state index in [1.54, 1.807) is 26.5 Å². The van der Waals surface area contributed by atoms with Gasteiger partial charge in [-0.1, -0.05) is 36.4 Å². The van der Waals surface area contributed by atoms with Gasteiger partial charge in [0.25, 0.3) is 0 Å². The molecule has 1 atom stereocenters. The van der Waals surface area contributed by atoms with Crippen molar-refractivity contribution in [2.45, 2.75) is 13.0 Å². The van der Waals surface area contributed by atoms with Crippen molar-refractivity contribution in [3.8, 4) is 17.2 Å². The molecule has 1 fully saturated rings. The number of amides is 1. The van der Waals surface area contributed by atoms with Crippen LogP contribution >= 0.6 is 0 Å². The van der Waals surface area contributed by atoms with Gasteiger partial charge in [-0.15, -0.1) is 0 Å². The maximum atomic E-state index is 13.0. The van der Waals surface area contributed by atoms with Crippen molar-refractivity contribution >= 4 is 23.7 Å².